The largest absolute Gasteiger partial charge is 0.439 e. The van der Waals surface area contributed by atoms with Crippen LogP contribution in [-0.2, 0) is 23.1 Å². The smallest absolute Gasteiger partial charge is 0.222 e. The van der Waals surface area contributed by atoms with Crippen LogP contribution in [0.4, 0.5) is 4.39 Å². The van der Waals surface area contributed by atoms with Gasteiger partial charge in [-0.05, 0) is 45.7 Å². The van der Waals surface area contributed by atoms with E-state index in [2.05, 4.69) is 4.90 Å². The van der Waals surface area contributed by atoms with Crippen LogP contribution in [0.15, 0.2) is 54.6 Å². The van der Waals surface area contributed by atoms with Crippen LogP contribution in [0, 0.1) is 5.82 Å². The van der Waals surface area contributed by atoms with Gasteiger partial charge in [0.05, 0.1) is 30.0 Å². The average molecular weight is 512 g/mol. The maximum Gasteiger partial charge on any atom is 0.222 e. The number of aryl methyl sites for hydroxylation is 1. The quantitative estimate of drug-likeness (QED) is 0.383. The molecule has 2 heterocycles. The highest BCUT2D eigenvalue weighted by Gasteiger charge is 2.27. The lowest BCUT2D eigenvalue weighted by molar-refractivity contribution is -0.0594. The third kappa shape index (κ3) is 7.85. The van der Waals surface area contributed by atoms with Crippen molar-refractivity contribution in [2.45, 2.75) is 58.0 Å². The van der Waals surface area contributed by atoms with Gasteiger partial charge in [0.1, 0.15) is 17.3 Å². The van der Waals surface area contributed by atoms with E-state index in [0.717, 1.165) is 36.3 Å². The Hall–Kier alpha value is -2.78. The van der Waals surface area contributed by atoms with Crippen LogP contribution in [0.25, 0.3) is 11.3 Å². The van der Waals surface area contributed by atoms with E-state index in [1.807, 2.05) is 58.2 Å². The molecule has 7 nitrogen and oxygen atoms in total. The summed E-state index contributed by atoms with van der Waals surface area (Å²) in [5.41, 5.74) is 2.26. The second kappa shape index (κ2) is 12.2. The van der Waals surface area contributed by atoms with Crippen LogP contribution in [0.1, 0.15) is 39.2 Å². The van der Waals surface area contributed by atoms with Crippen LogP contribution >= 0.6 is 0 Å². The zero-order valence-corrected chi connectivity index (χ0v) is 22.2. The van der Waals surface area contributed by atoms with Gasteiger partial charge in [-0.2, -0.15) is 5.10 Å². The van der Waals surface area contributed by atoms with Gasteiger partial charge in [0.2, 0.25) is 5.88 Å². The van der Waals surface area contributed by atoms with Crippen LogP contribution in [0.2, 0.25) is 0 Å². The first-order valence-electron chi connectivity index (χ1n) is 12.9. The van der Waals surface area contributed by atoms with Gasteiger partial charge < -0.3 is 19.3 Å². The van der Waals surface area contributed by atoms with Crippen molar-refractivity contribution in [3.8, 4) is 22.9 Å². The summed E-state index contributed by atoms with van der Waals surface area (Å²) < 4.78 is 33.6. The minimum Gasteiger partial charge on any atom is -0.439 e. The summed E-state index contributed by atoms with van der Waals surface area (Å²) in [7, 11) is 1.82. The summed E-state index contributed by atoms with van der Waals surface area (Å²) in [6.07, 6.45) is 1.44. The molecule has 1 aromatic heterocycles. The van der Waals surface area contributed by atoms with Gasteiger partial charge in [0.15, 0.2) is 0 Å². The molecule has 1 aliphatic heterocycles. The lowest BCUT2D eigenvalue weighted by Crippen LogP contribution is -2.40. The second-order valence-corrected chi connectivity index (χ2v) is 10.6. The predicted molar refractivity (Wildman–Crippen MR) is 141 cm³/mol. The predicted octanol–water partition coefficient (Wildman–Crippen LogP) is 5.18. The molecule has 1 saturated heterocycles. The normalized spacial score (nSPS) is 16.9. The molecule has 1 fully saturated rings. The Morgan fingerprint density at radius 3 is 2.65 bits per heavy atom. The third-order valence-electron chi connectivity index (χ3n) is 6.19. The first kappa shape index (κ1) is 27.3. The number of benzene rings is 2. The molecule has 2 atom stereocenters. The monoisotopic (exact) mass is 511 g/mol. The molecule has 8 heteroatoms. The Morgan fingerprint density at radius 1 is 1.19 bits per heavy atom. The topological polar surface area (TPSA) is 69.0 Å². The minimum absolute atomic E-state index is 0.0974. The molecule has 1 aliphatic rings. The van der Waals surface area contributed by atoms with E-state index in [9.17, 15) is 9.50 Å². The highest BCUT2D eigenvalue weighted by Crippen LogP contribution is 2.34. The van der Waals surface area contributed by atoms with Crippen LogP contribution in [-0.4, -0.2) is 63.9 Å². The maximum atomic E-state index is 13.9. The summed E-state index contributed by atoms with van der Waals surface area (Å²) in [6, 6.07) is 16.0. The van der Waals surface area contributed by atoms with Crippen molar-refractivity contribution in [2.24, 2.45) is 7.05 Å². The molecule has 1 N–H and O–H groups in total. The Bertz CT molecular complexity index is 1140. The molecule has 4 rings (SSSR count). The van der Waals surface area contributed by atoms with Crippen LogP contribution in [0.3, 0.4) is 0 Å². The fraction of sp³-hybridized carbons (Fsp3) is 0.483. The summed E-state index contributed by atoms with van der Waals surface area (Å²) in [4.78, 5) is 2.18. The van der Waals surface area contributed by atoms with Gasteiger partial charge >= 0.3 is 0 Å². The van der Waals surface area contributed by atoms with Gasteiger partial charge in [0.25, 0.3) is 0 Å². The van der Waals surface area contributed by atoms with Crippen molar-refractivity contribution < 1.29 is 23.7 Å². The average Bonchev–Trinajstić information content (AvgIpc) is 3.46. The van der Waals surface area contributed by atoms with E-state index >= 15 is 0 Å². The number of halogens is 1. The summed E-state index contributed by atoms with van der Waals surface area (Å²) in [5.74, 6) is 0.557. The molecule has 3 aromatic rings. The number of aliphatic hydroxyl groups is 1. The molecule has 0 saturated carbocycles. The highest BCUT2D eigenvalue weighted by atomic mass is 19.1. The standard InChI is InChI=1S/C29H38FN3O4/c1-29(2,3)36-20-23(34)17-33(18-25-14-9-15-35-25)19-26-27(21-10-6-5-7-11-21)31-32(4)28(26)37-24-13-8-12-22(30)16-24/h5-8,10-13,16,23,25,34H,9,14-15,17-20H2,1-4H3/t23-,25-/m0/s1. The van der Waals surface area contributed by atoms with E-state index in [1.54, 1.807) is 16.8 Å². The number of rotatable bonds is 11. The third-order valence-corrected chi connectivity index (χ3v) is 6.19. The van der Waals surface area contributed by atoms with E-state index < -0.39 is 6.10 Å². The Kier molecular flexibility index (Phi) is 8.97. The first-order valence-corrected chi connectivity index (χ1v) is 12.9. The second-order valence-electron chi connectivity index (χ2n) is 10.6. The van der Waals surface area contributed by atoms with E-state index in [4.69, 9.17) is 19.3 Å². The minimum atomic E-state index is -0.676. The fourth-order valence-electron chi connectivity index (χ4n) is 4.49. The molecule has 0 aliphatic carbocycles. The SMILES string of the molecule is Cn1nc(-c2ccccc2)c(CN(C[C@H](O)COC(C)(C)C)C[C@@H]2CCCO2)c1Oc1cccc(F)c1. The van der Waals surface area contributed by atoms with E-state index in [0.29, 0.717) is 31.3 Å². The molecular formula is C29H38FN3O4. The summed E-state index contributed by atoms with van der Waals surface area (Å²) in [6.45, 7) is 8.44. The number of hydrogen-bond acceptors (Lipinski definition) is 6. The fourth-order valence-corrected chi connectivity index (χ4v) is 4.49. The summed E-state index contributed by atoms with van der Waals surface area (Å²) in [5, 5.41) is 15.6. The van der Waals surface area contributed by atoms with Gasteiger partial charge in [-0.1, -0.05) is 36.4 Å². The van der Waals surface area contributed by atoms with Crippen molar-refractivity contribution in [3.05, 3.63) is 66.0 Å². The van der Waals surface area contributed by atoms with Gasteiger partial charge in [-0.25, -0.2) is 9.07 Å². The molecule has 0 spiro atoms. The highest BCUT2D eigenvalue weighted by molar-refractivity contribution is 5.65. The van der Waals surface area contributed by atoms with Gasteiger partial charge in [-0.15, -0.1) is 0 Å². The molecule has 200 valence electrons. The van der Waals surface area contributed by atoms with Crippen molar-refractivity contribution in [1.29, 1.82) is 0 Å². The number of ether oxygens (including phenoxy) is 3. The number of nitrogens with zero attached hydrogens (tertiary/aromatic N) is 3. The van der Waals surface area contributed by atoms with Crippen LogP contribution < -0.4 is 4.74 Å². The molecule has 0 bridgehead atoms. The Morgan fingerprint density at radius 2 is 1.97 bits per heavy atom. The lowest BCUT2D eigenvalue weighted by atomic mass is 10.1. The molecule has 0 radical (unpaired) electrons. The van der Waals surface area contributed by atoms with Crippen molar-refractivity contribution in [2.75, 3.05) is 26.3 Å². The van der Waals surface area contributed by atoms with Gasteiger partial charge in [-0.3, -0.25) is 4.90 Å². The number of aliphatic hydroxyl groups excluding tert-OH is 1. The Labute approximate surface area is 218 Å². The number of aromatic nitrogens is 2. The zero-order chi connectivity index (χ0) is 26.4. The van der Waals surface area contributed by atoms with Crippen molar-refractivity contribution in [3.63, 3.8) is 0 Å². The molecule has 0 unspecified atom stereocenters. The molecule has 2 aromatic carbocycles. The zero-order valence-electron chi connectivity index (χ0n) is 22.2. The Balaban J connectivity index is 1.65. The molecule has 0 amide bonds. The summed E-state index contributed by atoms with van der Waals surface area (Å²) >= 11 is 0. The molecular weight excluding hydrogens is 473 g/mol. The van der Waals surface area contributed by atoms with Gasteiger partial charge in [0, 0.05) is 44.9 Å². The maximum absolute atomic E-state index is 13.9. The van der Waals surface area contributed by atoms with E-state index in [1.165, 1.54) is 12.1 Å². The number of hydrogen-bond donors (Lipinski definition) is 1. The van der Waals surface area contributed by atoms with Crippen molar-refractivity contribution in [1.82, 2.24) is 14.7 Å². The van der Waals surface area contributed by atoms with Crippen LogP contribution in [0.5, 0.6) is 11.6 Å². The van der Waals surface area contributed by atoms with Crippen molar-refractivity contribution >= 4 is 0 Å². The van der Waals surface area contributed by atoms with E-state index in [-0.39, 0.29) is 24.1 Å². The first-order chi connectivity index (χ1) is 17.7. The lowest BCUT2D eigenvalue weighted by Gasteiger charge is -2.29. The molecule has 37 heavy (non-hydrogen) atoms.